The lowest BCUT2D eigenvalue weighted by atomic mass is 10.1. The second-order valence-corrected chi connectivity index (χ2v) is 6.12. The third-order valence-corrected chi connectivity index (χ3v) is 4.45. The summed E-state index contributed by atoms with van der Waals surface area (Å²) in [5.74, 6) is 0.678. The molecule has 0 unspecified atom stereocenters. The van der Waals surface area contributed by atoms with Gasteiger partial charge in [0.15, 0.2) is 0 Å². The zero-order chi connectivity index (χ0) is 18.4. The highest BCUT2D eigenvalue weighted by molar-refractivity contribution is 5.94. The van der Waals surface area contributed by atoms with Crippen molar-refractivity contribution in [3.63, 3.8) is 0 Å². The quantitative estimate of drug-likeness (QED) is 0.894. The van der Waals surface area contributed by atoms with Gasteiger partial charge in [-0.2, -0.15) is 0 Å². The van der Waals surface area contributed by atoms with E-state index in [1.165, 1.54) is 0 Å². The maximum atomic E-state index is 12.6. The molecule has 0 atom stereocenters. The summed E-state index contributed by atoms with van der Waals surface area (Å²) in [6.07, 6.45) is 0. The van der Waals surface area contributed by atoms with Crippen LogP contribution in [0.2, 0.25) is 0 Å². The van der Waals surface area contributed by atoms with Gasteiger partial charge in [0, 0.05) is 37.4 Å². The van der Waals surface area contributed by atoms with Crippen molar-refractivity contribution >= 4 is 17.5 Å². The molecule has 0 radical (unpaired) electrons. The fourth-order valence-corrected chi connectivity index (χ4v) is 2.94. The zero-order valence-corrected chi connectivity index (χ0v) is 14.9. The number of nitrogens with one attached hydrogen (secondary N) is 1. The van der Waals surface area contributed by atoms with Gasteiger partial charge in [-0.05, 0) is 30.3 Å². The minimum absolute atomic E-state index is 0.0293. The van der Waals surface area contributed by atoms with E-state index in [-0.39, 0.29) is 18.4 Å². The van der Waals surface area contributed by atoms with E-state index in [1.807, 2.05) is 36.4 Å². The van der Waals surface area contributed by atoms with Crippen LogP contribution in [0.25, 0.3) is 0 Å². The monoisotopic (exact) mass is 353 g/mol. The Balaban J connectivity index is 1.50. The van der Waals surface area contributed by atoms with E-state index in [9.17, 15) is 9.59 Å². The van der Waals surface area contributed by atoms with Gasteiger partial charge in [-0.3, -0.25) is 9.59 Å². The molecule has 2 aromatic rings. The maximum absolute atomic E-state index is 12.6. The van der Waals surface area contributed by atoms with Crippen LogP contribution in [-0.2, 0) is 4.79 Å². The Morgan fingerprint density at radius 2 is 1.65 bits per heavy atom. The van der Waals surface area contributed by atoms with Gasteiger partial charge >= 0.3 is 0 Å². The molecule has 3 rings (SSSR count). The zero-order valence-electron chi connectivity index (χ0n) is 14.9. The molecule has 136 valence electrons. The summed E-state index contributed by atoms with van der Waals surface area (Å²) < 4.78 is 5.17. The lowest BCUT2D eigenvalue weighted by molar-refractivity contribution is -0.130. The molecule has 2 aromatic carbocycles. The highest BCUT2D eigenvalue weighted by atomic mass is 16.5. The second kappa shape index (κ2) is 8.38. The van der Waals surface area contributed by atoms with Crippen LogP contribution in [0.15, 0.2) is 54.6 Å². The first-order chi connectivity index (χ1) is 12.7. The topological polar surface area (TPSA) is 61.9 Å². The first-order valence-electron chi connectivity index (χ1n) is 8.67. The van der Waals surface area contributed by atoms with Gasteiger partial charge in [0.1, 0.15) is 5.75 Å². The summed E-state index contributed by atoms with van der Waals surface area (Å²) in [6.45, 7) is 2.42. The smallest absolute Gasteiger partial charge is 0.254 e. The maximum Gasteiger partial charge on any atom is 0.254 e. The Morgan fingerprint density at radius 1 is 0.962 bits per heavy atom. The van der Waals surface area contributed by atoms with Crippen LogP contribution in [0.1, 0.15) is 10.4 Å². The minimum atomic E-state index is -0.0293. The molecule has 1 saturated heterocycles. The summed E-state index contributed by atoms with van der Waals surface area (Å²) in [5, 5.41) is 3.13. The van der Waals surface area contributed by atoms with E-state index in [2.05, 4.69) is 5.32 Å². The van der Waals surface area contributed by atoms with Gasteiger partial charge in [0.2, 0.25) is 5.91 Å². The van der Waals surface area contributed by atoms with Gasteiger partial charge in [-0.1, -0.05) is 24.3 Å². The number of nitrogens with zero attached hydrogens (tertiary/aromatic N) is 2. The average molecular weight is 353 g/mol. The number of benzene rings is 2. The van der Waals surface area contributed by atoms with Crippen LogP contribution < -0.4 is 10.1 Å². The highest BCUT2D eigenvalue weighted by Crippen LogP contribution is 2.15. The first kappa shape index (κ1) is 17.8. The molecule has 6 nitrogen and oxygen atoms in total. The van der Waals surface area contributed by atoms with Crippen molar-refractivity contribution < 1.29 is 14.3 Å². The number of carbonyl (C=O) groups excluding carboxylic acids is 2. The molecule has 1 fully saturated rings. The Kier molecular flexibility index (Phi) is 5.73. The summed E-state index contributed by atoms with van der Waals surface area (Å²) in [6, 6.07) is 16.8. The predicted octanol–water partition coefficient (Wildman–Crippen LogP) is 2.09. The molecule has 0 saturated carbocycles. The largest absolute Gasteiger partial charge is 0.497 e. The van der Waals surface area contributed by atoms with E-state index in [1.54, 1.807) is 35.1 Å². The fraction of sp³-hybridized carbons (Fsp3) is 0.300. The third kappa shape index (κ3) is 4.33. The first-order valence-corrected chi connectivity index (χ1v) is 8.67. The Labute approximate surface area is 153 Å². The molecular formula is C20H23N3O3. The summed E-state index contributed by atoms with van der Waals surface area (Å²) in [4.78, 5) is 28.5. The Bertz CT molecular complexity index is 756. The molecule has 1 aliphatic heterocycles. The van der Waals surface area contributed by atoms with Crippen LogP contribution in [0.5, 0.6) is 5.75 Å². The van der Waals surface area contributed by atoms with E-state index in [0.717, 1.165) is 5.69 Å². The Hall–Kier alpha value is -3.02. The van der Waals surface area contributed by atoms with E-state index in [4.69, 9.17) is 4.74 Å². The lowest BCUT2D eigenvalue weighted by Gasteiger charge is -2.35. The number of ether oxygens (including phenoxy) is 1. The summed E-state index contributed by atoms with van der Waals surface area (Å²) in [5.41, 5.74) is 1.53. The molecule has 1 heterocycles. The van der Waals surface area contributed by atoms with Crippen molar-refractivity contribution in [1.82, 2.24) is 9.80 Å². The summed E-state index contributed by atoms with van der Waals surface area (Å²) in [7, 11) is 1.58. The molecule has 0 aromatic heterocycles. The minimum Gasteiger partial charge on any atom is -0.497 e. The number of hydrogen-bond acceptors (Lipinski definition) is 4. The molecular weight excluding hydrogens is 330 g/mol. The molecule has 26 heavy (non-hydrogen) atoms. The second-order valence-electron chi connectivity index (χ2n) is 6.12. The van der Waals surface area contributed by atoms with Crippen molar-refractivity contribution in [3.8, 4) is 5.75 Å². The van der Waals surface area contributed by atoms with E-state index in [0.29, 0.717) is 37.5 Å². The number of amides is 2. The van der Waals surface area contributed by atoms with Crippen molar-refractivity contribution in [2.75, 3.05) is 45.2 Å². The number of rotatable bonds is 5. The number of carbonyl (C=O) groups is 2. The van der Waals surface area contributed by atoms with Crippen LogP contribution in [0.3, 0.4) is 0 Å². The van der Waals surface area contributed by atoms with E-state index >= 15 is 0 Å². The standard InChI is InChI=1S/C20H23N3O3/c1-26-18-9-5-6-16(14-18)20(25)23-12-10-22(11-13-23)19(24)15-21-17-7-3-2-4-8-17/h2-9,14,21H,10-13,15H2,1H3. The Morgan fingerprint density at radius 3 is 2.35 bits per heavy atom. The number of anilines is 1. The molecule has 1 aliphatic rings. The molecule has 2 amide bonds. The van der Waals surface area contributed by atoms with Crippen molar-refractivity contribution in [3.05, 3.63) is 60.2 Å². The van der Waals surface area contributed by atoms with Gasteiger partial charge in [-0.25, -0.2) is 0 Å². The van der Waals surface area contributed by atoms with E-state index < -0.39 is 0 Å². The van der Waals surface area contributed by atoms with Crippen molar-refractivity contribution in [2.24, 2.45) is 0 Å². The highest BCUT2D eigenvalue weighted by Gasteiger charge is 2.24. The SMILES string of the molecule is COc1cccc(C(=O)N2CCN(C(=O)CNc3ccccc3)CC2)c1. The van der Waals surface area contributed by atoms with Gasteiger partial charge in [-0.15, -0.1) is 0 Å². The fourth-order valence-electron chi connectivity index (χ4n) is 2.94. The van der Waals surface area contributed by atoms with Gasteiger partial charge in [0.05, 0.1) is 13.7 Å². The van der Waals surface area contributed by atoms with Crippen molar-refractivity contribution in [1.29, 1.82) is 0 Å². The number of hydrogen-bond donors (Lipinski definition) is 1. The normalized spacial score (nSPS) is 14.0. The molecule has 0 bridgehead atoms. The number of piperazine rings is 1. The lowest BCUT2D eigenvalue weighted by Crippen LogP contribution is -2.51. The molecule has 0 aliphatic carbocycles. The molecule has 1 N–H and O–H groups in total. The van der Waals surface area contributed by atoms with Gasteiger partial charge in [0.25, 0.3) is 5.91 Å². The van der Waals surface area contributed by atoms with Gasteiger partial charge < -0.3 is 19.9 Å². The van der Waals surface area contributed by atoms with Crippen molar-refractivity contribution in [2.45, 2.75) is 0 Å². The number of para-hydroxylation sites is 1. The van der Waals surface area contributed by atoms with Crippen LogP contribution >= 0.6 is 0 Å². The molecule has 0 spiro atoms. The van der Waals surface area contributed by atoms with Crippen LogP contribution in [-0.4, -0.2) is 61.4 Å². The predicted molar refractivity (Wildman–Crippen MR) is 100 cm³/mol. The average Bonchev–Trinajstić information content (AvgIpc) is 2.72. The van der Waals surface area contributed by atoms with Crippen LogP contribution in [0, 0.1) is 0 Å². The summed E-state index contributed by atoms with van der Waals surface area (Å²) >= 11 is 0. The molecule has 6 heteroatoms. The number of methoxy groups -OCH3 is 1. The third-order valence-electron chi connectivity index (χ3n) is 4.45. The van der Waals surface area contributed by atoms with Crippen LogP contribution in [0.4, 0.5) is 5.69 Å².